The van der Waals surface area contributed by atoms with E-state index in [1.807, 2.05) is 0 Å². The third-order valence-corrected chi connectivity index (χ3v) is 5.33. The lowest BCUT2D eigenvalue weighted by atomic mass is 10.0. The average Bonchev–Trinajstić information content (AvgIpc) is 2.48. The Hall–Kier alpha value is -0.620. The first-order valence-electron chi connectivity index (χ1n) is 4.98. The molecule has 6 heteroatoms. The molecule has 1 rings (SSSR count). The van der Waals surface area contributed by atoms with Gasteiger partial charge in [0.05, 0.1) is 5.25 Å². The van der Waals surface area contributed by atoms with Gasteiger partial charge in [0.15, 0.2) is 0 Å². The summed E-state index contributed by atoms with van der Waals surface area (Å²) in [5, 5.41) is 8.51. The van der Waals surface area contributed by atoms with E-state index in [-0.39, 0.29) is 0 Å². The van der Waals surface area contributed by atoms with Crippen molar-refractivity contribution >= 4 is 16.0 Å². The second-order valence-corrected chi connectivity index (χ2v) is 6.76. The SMILES string of the molecule is CC(C)S(=O)(=O)N1CCCC1(C)C(=O)O. The van der Waals surface area contributed by atoms with Gasteiger partial charge in [0.1, 0.15) is 5.54 Å². The van der Waals surface area contributed by atoms with Crippen molar-refractivity contribution < 1.29 is 18.3 Å². The highest BCUT2D eigenvalue weighted by atomic mass is 32.2. The first-order valence-corrected chi connectivity index (χ1v) is 6.48. The molecule has 0 aromatic carbocycles. The molecule has 1 aliphatic rings. The number of rotatable bonds is 3. The molecule has 15 heavy (non-hydrogen) atoms. The molecule has 1 aliphatic heterocycles. The minimum Gasteiger partial charge on any atom is -0.480 e. The molecule has 1 saturated heterocycles. The van der Waals surface area contributed by atoms with E-state index in [1.54, 1.807) is 13.8 Å². The van der Waals surface area contributed by atoms with Crippen LogP contribution >= 0.6 is 0 Å². The van der Waals surface area contributed by atoms with Crippen molar-refractivity contribution in [3.8, 4) is 0 Å². The Labute approximate surface area is 90.1 Å². The standard InChI is InChI=1S/C9H17NO4S/c1-7(2)15(13,14)10-6-4-5-9(10,3)8(11)12/h7H,4-6H2,1-3H3,(H,11,12). The van der Waals surface area contributed by atoms with Crippen LogP contribution in [0.3, 0.4) is 0 Å². The zero-order valence-electron chi connectivity index (χ0n) is 9.23. The summed E-state index contributed by atoms with van der Waals surface area (Å²) < 4.78 is 25.0. The molecule has 0 aliphatic carbocycles. The second kappa shape index (κ2) is 3.75. The van der Waals surface area contributed by atoms with Crippen LogP contribution < -0.4 is 0 Å². The smallest absolute Gasteiger partial charge is 0.324 e. The summed E-state index contributed by atoms with van der Waals surface area (Å²) in [6, 6.07) is 0. The molecule has 1 atom stereocenters. The molecule has 88 valence electrons. The average molecular weight is 235 g/mol. The summed E-state index contributed by atoms with van der Waals surface area (Å²) in [5.41, 5.74) is -1.26. The number of carboxylic acid groups (broad SMARTS) is 1. The highest BCUT2D eigenvalue weighted by Gasteiger charge is 2.49. The van der Waals surface area contributed by atoms with E-state index in [1.165, 1.54) is 6.92 Å². The van der Waals surface area contributed by atoms with Gasteiger partial charge in [-0.3, -0.25) is 4.79 Å². The van der Waals surface area contributed by atoms with Crippen molar-refractivity contribution in [2.75, 3.05) is 6.54 Å². The molecule has 0 saturated carbocycles. The van der Waals surface area contributed by atoms with E-state index < -0.39 is 26.8 Å². The highest BCUT2D eigenvalue weighted by molar-refractivity contribution is 7.89. The molecule has 1 N–H and O–H groups in total. The molecular weight excluding hydrogens is 218 g/mol. The summed E-state index contributed by atoms with van der Waals surface area (Å²) in [6.07, 6.45) is 0.989. The maximum Gasteiger partial charge on any atom is 0.324 e. The van der Waals surface area contributed by atoms with Gasteiger partial charge < -0.3 is 5.11 Å². The van der Waals surface area contributed by atoms with Gasteiger partial charge >= 0.3 is 5.97 Å². The minimum atomic E-state index is -3.48. The predicted octanol–water partition coefficient (Wildman–Crippen LogP) is 0.664. The monoisotopic (exact) mass is 235 g/mol. The molecular formula is C9H17NO4S. The lowest BCUT2D eigenvalue weighted by molar-refractivity contribution is -0.146. The third-order valence-electron chi connectivity index (χ3n) is 2.94. The second-order valence-electron chi connectivity index (χ2n) is 4.35. The van der Waals surface area contributed by atoms with E-state index in [0.717, 1.165) is 4.31 Å². The van der Waals surface area contributed by atoms with Crippen LogP contribution in [0.25, 0.3) is 0 Å². The zero-order valence-corrected chi connectivity index (χ0v) is 10.0. The van der Waals surface area contributed by atoms with E-state index in [2.05, 4.69) is 0 Å². The van der Waals surface area contributed by atoms with Crippen LogP contribution in [-0.2, 0) is 14.8 Å². The van der Waals surface area contributed by atoms with Crippen LogP contribution in [0.15, 0.2) is 0 Å². The predicted molar refractivity (Wildman–Crippen MR) is 56.0 cm³/mol. The van der Waals surface area contributed by atoms with Crippen LogP contribution in [0, 0.1) is 0 Å². The Balaban J connectivity index is 3.12. The van der Waals surface area contributed by atoms with E-state index in [0.29, 0.717) is 19.4 Å². The summed E-state index contributed by atoms with van der Waals surface area (Å²) in [4.78, 5) is 11.1. The fourth-order valence-electron chi connectivity index (χ4n) is 1.81. The number of sulfonamides is 1. The normalized spacial score (nSPS) is 28.5. The fraction of sp³-hybridized carbons (Fsp3) is 0.889. The van der Waals surface area contributed by atoms with Crippen LogP contribution in [0.2, 0.25) is 0 Å². The number of nitrogens with zero attached hydrogens (tertiary/aromatic N) is 1. The number of hydrogen-bond acceptors (Lipinski definition) is 3. The van der Waals surface area contributed by atoms with Crippen molar-refractivity contribution in [1.29, 1.82) is 0 Å². The van der Waals surface area contributed by atoms with Gasteiger partial charge in [-0.25, -0.2) is 8.42 Å². The molecule has 0 spiro atoms. The largest absolute Gasteiger partial charge is 0.480 e. The molecule has 0 radical (unpaired) electrons. The van der Waals surface area contributed by atoms with Gasteiger partial charge in [0.25, 0.3) is 0 Å². The van der Waals surface area contributed by atoms with Gasteiger partial charge in [0, 0.05) is 6.54 Å². The lowest BCUT2D eigenvalue weighted by Gasteiger charge is -2.31. The van der Waals surface area contributed by atoms with Crippen LogP contribution in [0.1, 0.15) is 33.6 Å². The quantitative estimate of drug-likeness (QED) is 0.780. The summed E-state index contributed by atoms with van der Waals surface area (Å²) in [7, 11) is -3.48. The molecule has 1 fully saturated rings. The Morgan fingerprint density at radius 2 is 2.00 bits per heavy atom. The first-order chi connectivity index (χ1) is 6.73. The first kappa shape index (κ1) is 12.4. The lowest BCUT2D eigenvalue weighted by Crippen LogP contribution is -2.52. The van der Waals surface area contributed by atoms with E-state index in [4.69, 9.17) is 5.11 Å². The molecule has 0 amide bonds. The van der Waals surface area contributed by atoms with Crippen molar-refractivity contribution in [2.24, 2.45) is 0 Å². The van der Waals surface area contributed by atoms with Gasteiger partial charge in [-0.2, -0.15) is 4.31 Å². The van der Waals surface area contributed by atoms with Crippen molar-refractivity contribution in [1.82, 2.24) is 4.31 Å². The molecule has 1 heterocycles. The number of hydrogen-bond donors (Lipinski definition) is 1. The maximum absolute atomic E-state index is 11.9. The summed E-state index contributed by atoms with van der Waals surface area (Å²) >= 11 is 0. The highest BCUT2D eigenvalue weighted by Crippen LogP contribution is 2.33. The topological polar surface area (TPSA) is 74.7 Å². The maximum atomic E-state index is 11.9. The number of carboxylic acids is 1. The van der Waals surface area contributed by atoms with Crippen molar-refractivity contribution in [3.63, 3.8) is 0 Å². The Bertz CT molecular complexity index is 362. The molecule has 0 aromatic rings. The van der Waals surface area contributed by atoms with E-state index >= 15 is 0 Å². The van der Waals surface area contributed by atoms with Gasteiger partial charge in [0.2, 0.25) is 10.0 Å². The number of carbonyl (C=O) groups is 1. The summed E-state index contributed by atoms with van der Waals surface area (Å²) in [5.74, 6) is -1.07. The van der Waals surface area contributed by atoms with Crippen LogP contribution in [0.5, 0.6) is 0 Å². The zero-order chi connectivity index (χ0) is 11.9. The van der Waals surface area contributed by atoms with E-state index in [9.17, 15) is 13.2 Å². The summed E-state index contributed by atoms with van der Waals surface area (Å²) in [6.45, 7) is 4.91. The molecule has 5 nitrogen and oxygen atoms in total. The third kappa shape index (κ3) is 1.88. The minimum absolute atomic E-state index is 0.309. The van der Waals surface area contributed by atoms with Gasteiger partial charge in [-0.05, 0) is 33.6 Å². The Kier molecular flexibility index (Phi) is 3.11. The van der Waals surface area contributed by atoms with Crippen LogP contribution in [-0.4, -0.2) is 41.1 Å². The fourth-order valence-corrected chi connectivity index (χ4v) is 3.44. The molecule has 1 unspecified atom stereocenters. The van der Waals surface area contributed by atoms with Gasteiger partial charge in [-0.1, -0.05) is 0 Å². The van der Waals surface area contributed by atoms with Crippen molar-refractivity contribution in [3.05, 3.63) is 0 Å². The number of aliphatic carboxylic acids is 1. The Morgan fingerprint density at radius 3 is 2.40 bits per heavy atom. The van der Waals surface area contributed by atoms with Crippen LogP contribution in [0.4, 0.5) is 0 Å². The molecule has 0 bridgehead atoms. The van der Waals surface area contributed by atoms with Crippen molar-refractivity contribution in [2.45, 2.75) is 44.4 Å². The molecule has 0 aromatic heterocycles. The Morgan fingerprint density at radius 1 is 1.47 bits per heavy atom. The van der Waals surface area contributed by atoms with Gasteiger partial charge in [-0.15, -0.1) is 0 Å².